The van der Waals surface area contributed by atoms with Gasteiger partial charge in [0.15, 0.2) is 0 Å². The largest absolute Gasteiger partial charge is 0.495 e. The van der Waals surface area contributed by atoms with Crippen molar-refractivity contribution in [3.63, 3.8) is 0 Å². The molecule has 0 aromatic heterocycles. The van der Waals surface area contributed by atoms with E-state index in [4.69, 9.17) is 16.3 Å². The molecule has 2 atom stereocenters. The lowest BCUT2D eigenvalue weighted by molar-refractivity contribution is 0.305. The highest BCUT2D eigenvalue weighted by atomic mass is 35.5. The van der Waals surface area contributed by atoms with Gasteiger partial charge in [0.05, 0.1) is 12.1 Å². The third kappa shape index (κ3) is 2.35. The first-order valence-corrected chi connectivity index (χ1v) is 6.89. The number of hydrogen-bond donors (Lipinski definition) is 1. The molecule has 1 aromatic rings. The number of ether oxygens (including phenoxy) is 1. The van der Waals surface area contributed by atoms with Gasteiger partial charge in [-0.05, 0) is 42.6 Å². The summed E-state index contributed by atoms with van der Waals surface area (Å²) in [6.07, 6.45) is 0. The summed E-state index contributed by atoms with van der Waals surface area (Å²) in [6.45, 7) is 5.79. The Hall–Kier alpha value is -0.770. The van der Waals surface area contributed by atoms with Gasteiger partial charge in [-0.3, -0.25) is 4.90 Å². The number of methoxy groups -OCH3 is 1. The minimum Gasteiger partial charge on any atom is -0.495 e. The lowest BCUT2D eigenvalue weighted by atomic mass is 10.0. The van der Waals surface area contributed by atoms with Gasteiger partial charge in [-0.15, -0.1) is 0 Å². The van der Waals surface area contributed by atoms with Crippen LogP contribution < -0.4 is 10.1 Å². The van der Waals surface area contributed by atoms with Crippen molar-refractivity contribution in [3.05, 3.63) is 28.8 Å². The number of fused-ring (bicyclic) bond motifs is 1. The van der Waals surface area contributed by atoms with Gasteiger partial charge in [-0.1, -0.05) is 17.7 Å². The van der Waals surface area contributed by atoms with E-state index in [9.17, 15) is 0 Å². The van der Waals surface area contributed by atoms with Gasteiger partial charge >= 0.3 is 0 Å². The van der Waals surface area contributed by atoms with E-state index in [0.717, 1.165) is 24.1 Å². The van der Waals surface area contributed by atoms with Crippen LogP contribution in [0.5, 0.6) is 5.75 Å². The number of halogens is 1. The highest BCUT2D eigenvalue weighted by molar-refractivity contribution is 6.32. The fraction of sp³-hybridized carbons (Fsp3) is 0.571. The number of benzene rings is 1. The van der Waals surface area contributed by atoms with Crippen molar-refractivity contribution >= 4 is 11.6 Å². The van der Waals surface area contributed by atoms with E-state index in [1.54, 1.807) is 7.11 Å². The van der Waals surface area contributed by atoms with Crippen molar-refractivity contribution < 1.29 is 4.74 Å². The zero-order valence-electron chi connectivity index (χ0n) is 10.7. The average Bonchev–Trinajstić information content (AvgIpc) is 2.90. The van der Waals surface area contributed by atoms with Crippen molar-refractivity contribution in [2.24, 2.45) is 11.8 Å². The molecular weight excluding hydrogens is 248 g/mol. The van der Waals surface area contributed by atoms with E-state index in [-0.39, 0.29) is 0 Å². The minimum atomic E-state index is 0.705. The van der Waals surface area contributed by atoms with Gasteiger partial charge in [0.2, 0.25) is 0 Å². The van der Waals surface area contributed by atoms with Gasteiger partial charge in [0.1, 0.15) is 5.75 Å². The van der Waals surface area contributed by atoms with Crippen LogP contribution in [0, 0.1) is 11.8 Å². The first kappa shape index (κ1) is 12.3. The lowest BCUT2D eigenvalue weighted by Crippen LogP contribution is -2.25. The van der Waals surface area contributed by atoms with Crippen LogP contribution >= 0.6 is 11.6 Å². The summed E-state index contributed by atoms with van der Waals surface area (Å²) in [5, 5.41) is 4.17. The van der Waals surface area contributed by atoms with Gasteiger partial charge in [-0.25, -0.2) is 0 Å². The molecule has 1 aromatic carbocycles. The molecule has 2 aliphatic heterocycles. The maximum atomic E-state index is 6.16. The second kappa shape index (κ2) is 5.08. The predicted molar refractivity (Wildman–Crippen MR) is 73.1 cm³/mol. The minimum absolute atomic E-state index is 0.705. The van der Waals surface area contributed by atoms with Crippen LogP contribution in [-0.4, -0.2) is 38.2 Å². The Balaban J connectivity index is 1.65. The van der Waals surface area contributed by atoms with E-state index in [2.05, 4.69) is 16.3 Å². The van der Waals surface area contributed by atoms with Crippen LogP contribution in [0.15, 0.2) is 18.2 Å². The molecule has 1 N–H and O–H groups in total. The summed E-state index contributed by atoms with van der Waals surface area (Å²) in [5.41, 5.74) is 1.27. The summed E-state index contributed by atoms with van der Waals surface area (Å²) in [6, 6.07) is 6.08. The molecular formula is C14H19ClN2O. The monoisotopic (exact) mass is 266 g/mol. The first-order valence-electron chi connectivity index (χ1n) is 6.52. The molecule has 0 spiro atoms. The quantitative estimate of drug-likeness (QED) is 0.906. The average molecular weight is 267 g/mol. The van der Waals surface area contributed by atoms with Crippen LogP contribution in [0.3, 0.4) is 0 Å². The van der Waals surface area contributed by atoms with E-state index in [1.807, 2.05) is 12.1 Å². The summed E-state index contributed by atoms with van der Waals surface area (Å²) in [5.74, 6) is 2.44. The zero-order valence-corrected chi connectivity index (χ0v) is 11.4. The van der Waals surface area contributed by atoms with Gasteiger partial charge in [0, 0.05) is 19.6 Å². The smallest absolute Gasteiger partial charge is 0.137 e. The Bertz CT molecular complexity index is 426. The summed E-state index contributed by atoms with van der Waals surface area (Å²) < 4.78 is 5.18. The highest BCUT2D eigenvalue weighted by Crippen LogP contribution is 2.29. The summed E-state index contributed by atoms with van der Waals surface area (Å²) in [7, 11) is 1.65. The maximum Gasteiger partial charge on any atom is 0.137 e. The zero-order chi connectivity index (χ0) is 12.5. The van der Waals surface area contributed by atoms with Gasteiger partial charge < -0.3 is 10.1 Å². The molecule has 2 heterocycles. The van der Waals surface area contributed by atoms with Crippen LogP contribution in [0.4, 0.5) is 0 Å². The van der Waals surface area contributed by atoms with Gasteiger partial charge in [0.25, 0.3) is 0 Å². The van der Waals surface area contributed by atoms with Crippen molar-refractivity contribution in [2.45, 2.75) is 6.54 Å². The number of nitrogens with zero attached hydrogens (tertiary/aromatic N) is 1. The van der Waals surface area contributed by atoms with Crippen LogP contribution in [0.2, 0.25) is 5.02 Å². The molecule has 2 saturated heterocycles. The van der Waals surface area contributed by atoms with Crippen LogP contribution in [-0.2, 0) is 6.54 Å². The first-order chi connectivity index (χ1) is 8.76. The Morgan fingerprint density at radius 1 is 1.33 bits per heavy atom. The molecule has 18 heavy (non-hydrogen) atoms. The Labute approximate surface area is 113 Å². The van der Waals surface area contributed by atoms with E-state index in [1.165, 1.54) is 31.7 Å². The third-order valence-corrected chi connectivity index (χ3v) is 4.38. The molecule has 0 radical (unpaired) electrons. The molecule has 0 saturated carbocycles. The Morgan fingerprint density at radius 3 is 2.67 bits per heavy atom. The fourth-order valence-electron chi connectivity index (χ4n) is 3.15. The molecule has 0 aliphatic carbocycles. The second-order valence-corrected chi connectivity index (χ2v) is 5.75. The summed E-state index contributed by atoms with van der Waals surface area (Å²) in [4.78, 5) is 2.54. The fourth-order valence-corrected chi connectivity index (χ4v) is 3.43. The number of hydrogen-bond acceptors (Lipinski definition) is 3. The Morgan fingerprint density at radius 2 is 2.06 bits per heavy atom. The number of rotatable bonds is 3. The van der Waals surface area contributed by atoms with Crippen LogP contribution in [0.1, 0.15) is 5.56 Å². The van der Waals surface area contributed by atoms with Gasteiger partial charge in [-0.2, -0.15) is 0 Å². The van der Waals surface area contributed by atoms with E-state index < -0.39 is 0 Å². The maximum absolute atomic E-state index is 6.16. The Kier molecular flexibility index (Phi) is 3.46. The second-order valence-electron chi connectivity index (χ2n) is 5.34. The lowest BCUT2D eigenvalue weighted by Gasteiger charge is -2.17. The van der Waals surface area contributed by atoms with E-state index >= 15 is 0 Å². The predicted octanol–water partition coefficient (Wildman–Crippen LogP) is 2.00. The molecule has 2 unspecified atom stereocenters. The van der Waals surface area contributed by atoms with Crippen molar-refractivity contribution in [1.29, 1.82) is 0 Å². The SMILES string of the molecule is COc1ccc(CN2CC3CNCC3C2)cc1Cl. The number of likely N-dealkylation sites (tertiary alicyclic amines) is 1. The molecule has 0 bridgehead atoms. The topological polar surface area (TPSA) is 24.5 Å². The molecule has 3 nitrogen and oxygen atoms in total. The van der Waals surface area contributed by atoms with E-state index in [0.29, 0.717) is 5.02 Å². The van der Waals surface area contributed by atoms with Crippen LogP contribution in [0.25, 0.3) is 0 Å². The standard InChI is InChI=1S/C14H19ClN2O/c1-18-14-3-2-10(4-13(14)15)7-17-8-11-5-16-6-12(11)9-17/h2-4,11-12,16H,5-9H2,1H3. The highest BCUT2D eigenvalue weighted by Gasteiger charge is 2.35. The van der Waals surface area contributed by atoms with Crippen molar-refractivity contribution in [3.8, 4) is 5.75 Å². The molecule has 4 heteroatoms. The molecule has 0 amide bonds. The number of nitrogens with one attached hydrogen (secondary N) is 1. The third-order valence-electron chi connectivity index (χ3n) is 4.09. The summed E-state index contributed by atoms with van der Waals surface area (Å²) >= 11 is 6.16. The molecule has 98 valence electrons. The van der Waals surface area contributed by atoms with Crippen molar-refractivity contribution in [2.75, 3.05) is 33.3 Å². The normalized spacial score (nSPS) is 27.4. The molecule has 2 aliphatic rings. The molecule has 3 rings (SSSR count). The van der Waals surface area contributed by atoms with Crippen molar-refractivity contribution in [1.82, 2.24) is 10.2 Å². The molecule has 2 fully saturated rings.